The fraction of sp³-hybridized carbons (Fsp3) is 0.267. The Hall–Kier alpha value is -4.53. The zero-order valence-corrected chi connectivity index (χ0v) is 22.5. The number of benzene rings is 3. The minimum absolute atomic E-state index is 0.108. The molecule has 0 atom stereocenters. The van der Waals surface area contributed by atoms with Gasteiger partial charge in [-0.3, -0.25) is 10.2 Å². The molecule has 1 aliphatic rings. The van der Waals surface area contributed by atoms with E-state index >= 15 is 0 Å². The molecule has 0 saturated carbocycles. The Kier molecular flexibility index (Phi) is 7.15. The summed E-state index contributed by atoms with van der Waals surface area (Å²) in [4.78, 5) is 15.9. The van der Waals surface area contributed by atoms with Crippen LogP contribution in [0.3, 0.4) is 0 Å². The third kappa shape index (κ3) is 5.25. The van der Waals surface area contributed by atoms with Crippen molar-refractivity contribution in [3.63, 3.8) is 0 Å². The molecule has 2 N–H and O–H groups in total. The largest absolute Gasteiger partial charge is 0.497 e. The molecule has 8 nitrogen and oxygen atoms in total. The number of carbonyl (C=O) groups is 1. The summed E-state index contributed by atoms with van der Waals surface area (Å²) in [6, 6.07) is 14.2. The molecule has 4 aromatic rings. The van der Waals surface area contributed by atoms with Crippen molar-refractivity contribution in [3.8, 4) is 22.6 Å². The van der Waals surface area contributed by atoms with Gasteiger partial charge in [0, 0.05) is 50.7 Å². The number of fused-ring (bicyclic) bond motifs is 1. The van der Waals surface area contributed by atoms with Gasteiger partial charge in [-0.2, -0.15) is 0 Å². The highest BCUT2D eigenvalue weighted by molar-refractivity contribution is 6.04. The Morgan fingerprint density at radius 3 is 2.26 bits per heavy atom. The van der Waals surface area contributed by atoms with Crippen LogP contribution in [0.5, 0.6) is 11.5 Å². The topological polar surface area (TPSA) is 84.5 Å². The molecule has 0 bridgehead atoms. The number of methoxy groups -OCH3 is 2. The Labute approximate surface area is 226 Å². The maximum Gasteiger partial charge on any atom is 0.256 e. The van der Waals surface area contributed by atoms with E-state index < -0.39 is 0 Å². The van der Waals surface area contributed by atoms with E-state index in [1.54, 1.807) is 30.9 Å². The van der Waals surface area contributed by atoms with E-state index in [1.165, 1.54) is 12.1 Å². The van der Waals surface area contributed by atoms with Gasteiger partial charge in [0.1, 0.15) is 17.3 Å². The van der Waals surface area contributed by atoms with Crippen molar-refractivity contribution in [3.05, 3.63) is 94.6 Å². The summed E-state index contributed by atoms with van der Waals surface area (Å²) < 4.78 is 28.4. The number of carbonyl (C=O) groups excluding carboxylic acids is 1. The Bertz CT molecular complexity index is 1580. The third-order valence-corrected chi connectivity index (χ3v) is 7.09. The van der Waals surface area contributed by atoms with Crippen LogP contribution in [0.4, 0.5) is 10.1 Å². The first kappa shape index (κ1) is 26.1. The van der Waals surface area contributed by atoms with Crippen molar-refractivity contribution in [2.45, 2.75) is 20.0 Å². The number of hydrogen-bond donors (Lipinski definition) is 2. The second kappa shape index (κ2) is 10.7. The van der Waals surface area contributed by atoms with Crippen LogP contribution in [-0.4, -0.2) is 47.3 Å². The number of aromatic nitrogens is 2. The SMILES string of the molecule is COc1cc(CN2CCNc3c(cc(Cn4ccn(C)c4=N)cc3-c3ccc(F)cc3C)C2=O)cc(OC)c1. The summed E-state index contributed by atoms with van der Waals surface area (Å²) in [5, 5.41) is 11.8. The van der Waals surface area contributed by atoms with Gasteiger partial charge in [0.05, 0.1) is 32.0 Å². The van der Waals surface area contributed by atoms with E-state index in [4.69, 9.17) is 14.9 Å². The Morgan fingerprint density at radius 1 is 0.923 bits per heavy atom. The van der Waals surface area contributed by atoms with Crippen molar-refractivity contribution < 1.29 is 18.7 Å². The average Bonchev–Trinajstić information content (AvgIpc) is 3.15. The standard InChI is InChI=1S/C30H32FN5O3/c1-19-11-22(31)5-6-25(19)26-14-21(18-36-10-9-34(2)30(36)32)15-27-28(26)33-7-8-35(29(27)37)17-20-12-23(38-3)16-24(13-20)39-4/h5-6,9-16,32-33H,7-8,17-18H2,1-4H3. The predicted molar refractivity (Wildman–Crippen MR) is 148 cm³/mol. The fourth-order valence-electron chi connectivity index (χ4n) is 5.06. The molecule has 1 aromatic heterocycles. The molecule has 0 spiro atoms. The first-order valence-corrected chi connectivity index (χ1v) is 12.7. The lowest BCUT2D eigenvalue weighted by molar-refractivity contribution is 0.0755. The molecule has 0 saturated heterocycles. The van der Waals surface area contributed by atoms with E-state index in [1.807, 2.05) is 60.1 Å². The van der Waals surface area contributed by atoms with Crippen molar-refractivity contribution in [2.75, 3.05) is 32.6 Å². The van der Waals surface area contributed by atoms with Crippen LogP contribution in [0.2, 0.25) is 0 Å². The number of nitrogens with zero attached hydrogens (tertiary/aromatic N) is 3. The van der Waals surface area contributed by atoms with Crippen molar-refractivity contribution in [1.82, 2.24) is 14.0 Å². The summed E-state index contributed by atoms with van der Waals surface area (Å²) in [5.41, 5.74) is 5.86. The van der Waals surface area contributed by atoms with Gasteiger partial charge in [0.15, 0.2) is 0 Å². The first-order chi connectivity index (χ1) is 18.8. The molecule has 39 heavy (non-hydrogen) atoms. The summed E-state index contributed by atoms with van der Waals surface area (Å²) in [5.74, 6) is 0.907. The number of nitrogens with one attached hydrogen (secondary N) is 2. The zero-order chi connectivity index (χ0) is 27.7. The highest BCUT2D eigenvalue weighted by Crippen LogP contribution is 2.37. The van der Waals surface area contributed by atoms with Crippen LogP contribution in [-0.2, 0) is 20.1 Å². The molecule has 2 heterocycles. The number of imidazole rings is 1. The molecule has 1 aliphatic heterocycles. The molecule has 1 amide bonds. The average molecular weight is 530 g/mol. The molecule has 0 radical (unpaired) electrons. The minimum atomic E-state index is -0.305. The molecule has 3 aromatic carbocycles. The van der Waals surface area contributed by atoms with Crippen LogP contribution in [0.1, 0.15) is 27.0 Å². The Balaban J connectivity index is 1.60. The van der Waals surface area contributed by atoms with Crippen LogP contribution in [0.25, 0.3) is 11.1 Å². The van der Waals surface area contributed by atoms with Gasteiger partial charge in [-0.1, -0.05) is 6.07 Å². The third-order valence-electron chi connectivity index (χ3n) is 7.09. The smallest absolute Gasteiger partial charge is 0.256 e. The molecular formula is C30H32FN5O3. The highest BCUT2D eigenvalue weighted by atomic mass is 19.1. The van der Waals surface area contributed by atoms with Crippen LogP contribution >= 0.6 is 0 Å². The van der Waals surface area contributed by atoms with Gasteiger partial charge < -0.3 is 28.8 Å². The minimum Gasteiger partial charge on any atom is -0.497 e. The number of hydrogen-bond acceptors (Lipinski definition) is 5. The summed E-state index contributed by atoms with van der Waals surface area (Å²) >= 11 is 0. The number of rotatable bonds is 7. The molecule has 9 heteroatoms. The first-order valence-electron chi connectivity index (χ1n) is 12.7. The Morgan fingerprint density at radius 2 is 1.62 bits per heavy atom. The maximum atomic E-state index is 14.1. The highest BCUT2D eigenvalue weighted by Gasteiger charge is 2.26. The van der Waals surface area contributed by atoms with E-state index in [0.29, 0.717) is 48.9 Å². The lowest BCUT2D eigenvalue weighted by Crippen LogP contribution is -2.32. The van der Waals surface area contributed by atoms with Gasteiger partial charge in [-0.05, 0) is 65.6 Å². The molecule has 202 valence electrons. The van der Waals surface area contributed by atoms with Crippen LogP contribution in [0.15, 0.2) is 60.9 Å². The lowest BCUT2D eigenvalue weighted by Gasteiger charge is -2.22. The van der Waals surface area contributed by atoms with E-state index in [0.717, 1.165) is 33.5 Å². The van der Waals surface area contributed by atoms with Gasteiger partial charge >= 0.3 is 0 Å². The normalized spacial score (nSPS) is 13.1. The summed E-state index contributed by atoms with van der Waals surface area (Å²) in [6.45, 7) is 3.71. The predicted octanol–water partition coefficient (Wildman–Crippen LogP) is 4.55. The van der Waals surface area contributed by atoms with Gasteiger partial charge in [0.25, 0.3) is 5.91 Å². The van der Waals surface area contributed by atoms with Crippen molar-refractivity contribution in [1.29, 1.82) is 5.41 Å². The van der Waals surface area contributed by atoms with Gasteiger partial charge in [-0.15, -0.1) is 0 Å². The second-order valence-electron chi connectivity index (χ2n) is 9.76. The summed E-state index contributed by atoms with van der Waals surface area (Å²) in [6.07, 6.45) is 3.67. The number of anilines is 1. The van der Waals surface area contributed by atoms with Crippen molar-refractivity contribution in [2.24, 2.45) is 7.05 Å². The van der Waals surface area contributed by atoms with Gasteiger partial charge in [0.2, 0.25) is 5.62 Å². The van der Waals surface area contributed by atoms with Crippen molar-refractivity contribution >= 4 is 11.6 Å². The molecule has 0 unspecified atom stereocenters. The molecule has 0 fully saturated rings. The molecule has 0 aliphatic carbocycles. The second-order valence-corrected chi connectivity index (χ2v) is 9.76. The number of amides is 1. The number of ether oxygens (including phenoxy) is 2. The monoisotopic (exact) mass is 529 g/mol. The fourth-order valence-corrected chi connectivity index (χ4v) is 5.06. The number of aryl methyl sites for hydroxylation is 2. The van der Waals surface area contributed by atoms with Crippen LogP contribution < -0.4 is 20.4 Å². The maximum absolute atomic E-state index is 14.1. The molecule has 5 rings (SSSR count). The van der Waals surface area contributed by atoms with E-state index in [9.17, 15) is 9.18 Å². The van der Waals surface area contributed by atoms with E-state index in [-0.39, 0.29) is 11.7 Å². The van der Waals surface area contributed by atoms with Gasteiger partial charge in [-0.25, -0.2) is 4.39 Å². The quantitative estimate of drug-likeness (QED) is 0.368. The summed E-state index contributed by atoms with van der Waals surface area (Å²) in [7, 11) is 5.02. The lowest BCUT2D eigenvalue weighted by atomic mass is 9.93. The number of halogens is 1. The molecular weight excluding hydrogens is 497 g/mol. The van der Waals surface area contributed by atoms with Crippen LogP contribution in [0, 0.1) is 18.2 Å². The van der Waals surface area contributed by atoms with E-state index in [2.05, 4.69) is 5.32 Å². The zero-order valence-electron chi connectivity index (χ0n) is 22.5.